The van der Waals surface area contributed by atoms with Gasteiger partial charge in [-0.1, -0.05) is 29.4 Å². The number of hydrogen-bond acceptors (Lipinski definition) is 5. The number of pyridine rings is 1. The van der Waals surface area contributed by atoms with E-state index in [0.29, 0.717) is 10.8 Å². The monoisotopic (exact) mass is 374 g/mol. The molecular weight excluding hydrogens is 360 g/mol. The summed E-state index contributed by atoms with van der Waals surface area (Å²) in [5, 5.41) is 3.71. The molecule has 0 atom stereocenters. The highest BCUT2D eigenvalue weighted by atomic mass is 35.5. The van der Waals surface area contributed by atoms with Crippen LogP contribution in [0, 0.1) is 0 Å². The number of nitrogens with one attached hydrogen (secondary N) is 1. The highest BCUT2D eigenvalue weighted by molar-refractivity contribution is 7.99. The van der Waals surface area contributed by atoms with Crippen LogP contribution in [0.2, 0.25) is 5.15 Å². The molecule has 1 amide bonds. The molecule has 0 saturated carbocycles. The van der Waals surface area contributed by atoms with Gasteiger partial charge in [0.2, 0.25) is 5.91 Å². The van der Waals surface area contributed by atoms with E-state index in [1.165, 1.54) is 11.8 Å². The summed E-state index contributed by atoms with van der Waals surface area (Å²) in [7, 11) is 1.62. The lowest BCUT2D eigenvalue weighted by Gasteiger charge is -2.09. The largest absolute Gasteiger partial charge is 0.497 e. The average molecular weight is 375 g/mol. The minimum atomic E-state index is -0.180. The smallest absolute Gasteiger partial charge is 0.234 e. The number of amides is 1. The van der Waals surface area contributed by atoms with Crippen molar-refractivity contribution in [3.63, 3.8) is 0 Å². The van der Waals surface area contributed by atoms with Crippen LogP contribution in [0.15, 0.2) is 60.1 Å². The zero-order chi connectivity index (χ0) is 17.6. The summed E-state index contributed by atoms with van der Waals surface area (Å²) >= 11 is 7.27. The lowest BCUT2D eigenvalue weighted by atomic mass is 10.3. The molecule has 0 unspecified atom stereocenters. The molecule has 1 N–H and O–H groups in total. The third-order valence-corrected chi connectivity index (χ3v) is 4.57. The number of carbonyl (C=O) groups is 1. The van der Waals surface area contributed by atoms with E-state index in [1.54, 1.807) is 31.6 Å². The van der Waals surface area contributed by atoms with Crippen molar-refractivity contribution in [1.29, 1.82) is 0 Å². The summed E-state index contributed by atoms with van der Waals surface area (Å²) in [4.78, 5) is 20.4. The highest BCUT2D eigenvalue weighted by Crippen LogP contribution is 2.24. The Labute approximate surface area is 154 Å². The third-order valence-electron chi connectivity index (χ3n) is 3.30. The zero-order valence-electron chi connectivity index (χ0n) is 13.3. The molecule has 0 spiro atoms. The van der Waals surface area contributed by atoms with Gasteiger partial charge in [0, 0.05) is 24.7 Å². The fourth-order valence-corrected chi connectivity index (χ4v) is 3.09. The minimum absolute atomic E-state index is 0.180. The SMILES string of the molecule is COc1cccc(-n2ccnc2SCC(=O)Nc2cccnc2Cl)c1. The van der Waals surface area contributed by atoms with Gasteiger partial charge in [-0.3, -0.25) is 9.36 Å². The summed E-state index contributed by atoms with van der Waals surface area (Å²) in [6.07, 6.45) is 5.10. The second-order valence-corrected chi connectivity index (χ2v) is 6.26. The Morgan fingerprint density at radius 2 is 2.16 bits per heavy atom. The fraction of sp³-hybridized carbons (Fsp3) is 0.118. The normalized spacial score (nSPS) is 10.5. The molecule has 0 aliphatic carbocycles. The third kappa shape index (κ3) is 4.32. The van der Waals surface area contributed by atoms with Gasteiger partial charge < -0.3 is 10.1 Å². The summed E-state index contributed by atoms with van der Waals surface area (Å²) in [5.41, 5.74) is 1.40. The Morgan fingerprint density at radius 3 is 2.96 bits per heavy atom. The molecule has 0 aliphatic heterocycles. The first-order valence-electron chi connectivity index (χ1n) is 7.38. The average Bonchev–Trinajstić information content (AvgIpc) is 3.10. The van der Waals surface area contributed by atoms with E-state index in [1.807, 2.05) is 35.0 Å². The Balaban J connectivity index is 1.67. The molecule has 0 saturated heterocycles. The highest BCUT2D eigenvalue weighted by Gasteiger charge is 2.11. The van der Waals surface area contributed by atoms with Crippen LogP contribution in [-0.4, -0.2) is 33.3 Å². The number of anilines is 1. The Bertz CT molecular complexity index is 884. The summed E-state index contributed by atoms with van der Waals surface area (Å²) in [6, 6.07) is 11.0. The van der Waals surface area contributed by atoms with E-state index >= 15 is 0 Å². The van der Waals surface area contributed by atoms with E-state index in [4.69, 9.17) is 16.3 Å². The van der Waals surface area contributed by atoms with Crippen molar-refractivity contribution in [2.24, 2.45) is 0 Å². The number of hydrogen-bond donors (Lipinski definition) is 1. The van der Waals surface area contributed by atoms with Crippen LogP contribution < -0.4 is 10.1 Å². The minimum Gasteiger partial charge on any atom is -0.497 e. The van der Waals surface area contributed by atoms with Crippen molar-refractivity contribution in [1.82, 2.24) is 14.5 Å². The van der Waals surface area contributed by atoms with E-state index in [-0.39, 0.29) is 16.8 Å². The van der Waals surface area contributed by atoms with Crippen molar-refractivity contribution >= 4 is 35.0 Å². The number of carbonyl (C=O) groups excluding carboxylic acids is 1. The number of imidazole rings is 1. The topological polar surface area (TPSA) is 69.0 Å². The lowest BCUT2D eigenvalue weighted by Crippen LogP contribution is -2.15. The maximum Gasteiger partial charge on any atom is 0.234 e. The molecular formula is C17H15ClN4O2S. The van der Waals surface area contributed by atoms with Gasteiger partial charge in [-0.25, -0.2) is 9.97 Å². The summed E-state index contributed by atoms with van der Waals surface area (Å²) < 4.78 is 7.15. The number of nitrogens with zero attached hydrogens (tertiary/aromatic N) is 3. The first kappa shape index (κ1) is 17.3. The lowest BCUT2D eigenvalue weighted by molar-refractivity contribution is -0.113. The molecule has 8 heteroatoms. The zero-order valence-corrected chi connectivity index (χ0v) is 14.9. The van der Waals surface area contributed by atoms with Crippen molar-refractivity contribution in [3.8, 4) is 11.4 Å². The Morgan fingerprint density at radius 1 is 1.28 bits per heavy atom. The number of thioether (sulfide) groups is 1. The second kappa shape index (κ2) is 8.04. The van der Waals surface area contributed by atoms with Crippen LogP contribution in [-0.2, 0) is 4.79 Å². The van der Waals surface area contributed by atoms with Gasteiger partial charge in [-0.15, -0.1) is 0 Å². The Hall–Kier alpha value is -2.51. The van der Waals surface area contributed by atoms with Gasteiger partial charge in [0.25, 0.3) is 0 Å². The van der Waals surface area contributed by atoms with E-state index in [0.717, 1.165) is 11.4 Å². The number of halogens is 1. The second-order valence-electron chi connectivity index (χ2n) is 4.96. The number of methoxy groups -OCH3 is 1. The molecule has 6 nitrogen and oxygen atoms in total. The molecule has 0 radical (unpaired) electrons. The van der Waals surface area contributed by atoms with E-state index < -0.39 is 0 Å². The predicted octanol–water partition coefficient (Wildman–Crippen LogP) is 3.66. The van der Waals surface area contributed by atoms with Crippen LogP contribution >= 0.6 is 23.4 Å². The molecule has 1 aromatic carbocycles. The van der Waals surface area contributed by atoms with Gasteiger partial charge in [0.05, 0.1) is 24.2 Å². The van der Waals surface area contributed by atoms with Gasteiger partial charge in [0.15, 0.2) is 10.3 Å². The van der Waals surface area contributed by atoms with Crippen molar-refractivity contribution in [3.05, 3.63) is 60.1 Å². The molecule has 0 aliphatic rings. The van der Waals surface area contributed by atoms with E-state index in [2.05, 4.69) is 15.3 Å². The first-order valence-corrected chi connectivity index (χ1v) is 8.74. The molecule has 128 valence electrons. The fourth-order valence-electron chi connectivity index (χ4n) is 2.15. The molecule has 0 fully saturated rings. The van der Waals surface area contributed by atoms with Gasteiger partial charge in [-0.2, -0.15) is 0 Å². The van der Waals surface area contributed by atoms with Crippen LogP contribution in [0.1, 0.15) is 0 Å². The summed E-state index contributed by atoms with van der Waals surface area (Å²) in [6.45, 7) is 0. The summed E-state index contributed by atoms with van der Waals surface area (Å²) in [5.74, 6) is 0.776. The van der Waals surface area contributed by atoms with Crippen LogP contribution in [0.4, 0.5) is 5.69 Å². The number of rotatable bonds is 6. The Kier molecular flexibility index (Phi) is 5.57. The molecule has 2 heterocycles. The maximum absolute atomic E-state index is 12.1. The van der Waals surface area contributed by atoms with Crippen molar-refractivity contribution < 1.29 is 9.53 Å². The van der Waals surface area contributed by atoms with Gasteiger partial charge in [-0.05, 0) is 24.3 Å². The molecule has 25 heavy (non-hydrogen) atoms. The molecule has 2 aromatic heterocycles. The van der Waals surface area contributed by atoms with Gasteiger partial charge >= 0.3 is 0 Å². The van der Waals surface area contributed by atoms with E-state index in [9.17, 15) is 4.79 Å². The number of ether oxygens (including phenoxy) is 1. The van der Waals surface area contributed by atoms with Gasteiger partial charge in [0.1, 0.15) is 5.75 Å². The molecule has 0 bridgehead atoms. The maximum atomic E-state index is 12.1. The van der Waals surface area contributed by atoms with Crippen LogP contribution in [0.3, 0.4) is 0 Å². The predicted molar refractivity (Wildman–Crippen MR) is 98.7 cm³/mol. The molecule has 3 aromatic rings. The van der Waals surface area contributed by atoms with Crippen LogP contribution in [0.5, 0.6) is 5.75 Å². The van der Waals surface area contributed by atoms with Crippen molar-refractivity contribution in [2.45, 2.75) is 5.16 Å². The number of aromatic nitrogens is 3. The quantitative estimate of drug-likeness (QED) is 0.526. The molecule has 3 rings (SSSR count). The first-order chi connectivity index (χ1) is 12.2. The van der Waals surface area contributed by atoms with Crippen LogP contribution in [0.25, 0.3) is 5.69 Å². The van der Waals surface area contributed by atoms with Crippen molar-refractivity contribution in [2.75, 3.05) is 18.2 Å². The standard InChI is InChI=1S/C17H15ClN4O2S/c1-24-13-5-2-4-12(10-13)22-9-8-20-17(22)25-11-15(23)21-14-6-3-7-19-16(14)18/h2-10H,11H2,1H3,(H,21,23). The number of benzene rings is 1.